The molecular weight excluding hydrogens is 348 g/mol. The van der Waals surface area contributed by atoms with Gasteiger partial charge >= 0.3 is 0 Å². The largest absolute Gasteiger partial charge is 0.353 e. The molecule has 2 fully saturated rings. The van der Waals surface area contributed by atoms with Gasteiger partial charge in [-0.3, -0.25) is 4.79 Å². The van der Waals surface area contributed by atoms with Crippen molar-refractivity contribution in [3.05, 3.63) is 35.4 Å². The van der Waals surface area contributed by atoms with Crippen LogP contribution in [0.3, 0.4) is 0 Å². The molecule has 1 aromatic rings. The Morgan fingerprint density at radius 1 is 0.926 bits per heavy atom. The first-order valence-corrected chi connectivity index (χ1v) is 10.1. The van der Waals surface area contributed by atoms with E-state index in [9.17, 15) is 13.6 Å². The van der Waals surface area contributed by atoms with Crippen molar-refractivity contribution in [2.75, 3.05) is 0 Å². The summed E-state index contributed by atoms with van der Waals surface area (Å²) in [5.41, 5.74) is 0.0518. The molecule has 1 aromatic carbocycles. The summed E-state index contributed by atoms with van der Waals surface area (Å²) in [7, 11) is 0. The fourth-order valence-corrected chi connectivity index (χ4v) is 3.94. The molecule has 3 rings (SSSR count). The van der Waals surface area contributed by atoms with Gasteiger partial charge in [-0.15, -0.1) is 0 Å². The summed E-state index contributed by atoms with van der Waals surface area (Å²) in [6.07, 6.45) is 10.1. The predicted octanol–water partition coefficient (Wildman–Crippen LogP) is 4.55. The number of nitrogens with one attached hydrogen (secondary N) is 2. The summed E-state index contributed by atoms with van der Waals surface area (Å²) in [6, 6.07) is 3.72. The van der Waals surface area contributed by atoms with Crippen LogP contribution in [0, 0.1) is 17.6 Å². The summed E-state index contributed by atoms with van der Waals surface area (Å²) in [5, 5.41) is 6.79. The molecule has 0 spiro atoms. The van der Waals surface area contributed by atoms with Crippen molar-refractivity contribution in [3.8, 4) is 0 Å². The van der Waals surface area contributed by atoms with E-state index in [-0.39, 0.29) is 11.6 Å². The normalized spacial score (nSPS) is 24.5. The molecule has 27 heavy (non-hydrogen) atoms. The first-order chi connectivity index (χ1) is 13.0. The zero-order valence-electron chi connectivity index (χ0n) is 15.9. The summed E-state index contributed by atoms with van der Waals surface area (Å²) < 4.78 is 26.6. The van der Waals surface area contributed by atoms with E-state index in [1.54, 1.807) is 0 Å². The Hall–Kier alpha value is -1.98. The van der Waals surface area contributed by atoms with Crippen LogP contribution in [0.4, 0.5) is 8.78 Å². The lowest BCUT2D eigenvalue weighted by molar-refractivity contribution is 0.100. The Balaban J connectivity index is 1.73. The number of carbonyl (C=O) groups is 1. The highest BCUT2D eigenvalue weighted by atomic mass is 19.2. The van der Waals surface area contributed by atoms with E-state index in [4.69, 9.17) is 0 Å². The number of guanidine groups is 1. The lowest BCUT2D eigenvalue weighted by Crippen LogP contribution is -2.49. The summed E-state index contributed by atoms with van der Waals surface area (Å²) in [4.78, 5) is 16.7. The smallest absolute Gasteiger partial charge is 0.280 e. The second kappa shape index (κ2) is 9.29. The van der Waals surface area contributed by atoms with Gasteiger partial charge in [-0.05, 0) is 62.6 Å². The number of amides is 1. The van der Waals surface area contributed by atoms with Crippen molar-refractivity contribution in [2.24, 2.45) is 10.9 Å². The molecule has 0 bridgehead atoms. The fraction of sp³-hybridized carbons (Fsp3) is 0.619. The number of aliphatic imine (C=N–C) groups is 1. The van der Waals surface area contributed by atoms with Gasteiger partial charge in [0, 0.05) is 17.6 Å². The number of hydrogen-bond acceptors (Lipinski definition) is 1. The van der Waals surface area contributed by atoms with Crippen LogP contribution in [-0.4, -0.2) is 24.0 Å². The maximum atomic E-state index is 13.5. The third kappa shape index (κ3) is 5.75. The highest BCUT2D eigenvalue weighted by molar-refractivity contribution is 6.02. The zero-order valence-corrected chi connectivity index (χ0v) is 15.9. The van der Waals surface area contributed by atoms with Crippen molar-refractivity contribution < 1.29 is 13.6 Å². The second-order valence-electron chi connectivity index (χ2n) is 7.97. The minimum atomic E-state index is -1.04. The van der Waals surface area contributed by atoms with E-state index >= 15 is 0 Å². The van der Waals surface area contributed by atoms with Crippen LogP contribution in [0.2, 0.25) is 0 Å². The maximum Gasteiger partial charge on any atom is 0.280 e. The third-order valence-corrected chi connectivity index (χ3v) is 5.68. The molecule has 0 saturated heterocycles. The van der Waals surface area contributed by atoms with Crippen LogP contribution in [0.1, 0.15) is 75.1 Å². The molecule has 2 N–H and O–H groups in total. The first-order valence-electron chi connectivity index (χ1n) is 10.1. The van der Waals surface area contributed by atoms with E-state index in [0.29, 0.717) is 12.0 Å². The van der Waals surface area contributed by atoms with Gasteiger partial charge in [-0.1, -0.05) is 26.2 Å². The van der Waals surface area contributed by atoms with Gasteiger partial charge in [0.15, 0.2) is 17.6 Å². The van der Waals surface area contributed by atoms with Crippen molar-refractivity contribution in [3.63, 3.8) is 0 Å². The van der Waals surface area contributed by atoms with Crippen molar-refractivity contribution in [1.82, 2.24) is 10.6 Å². The Morgan fingerprint density at radius 2 is 1.56 bits per heavy atom. The highest BCUT2D eigenvalue weighted by Crippen LogP contribution is 2.23. The number of carbonyl (C=O) groups excluding carboxylic acids is 1. The first kappa shape index (κ1) is 19.8. The molecule has 6 heteroatoms. The minimum Gasteiger partial charge on any atom is -0.353 e. The average molecular weight is 377 g/mol. The Kier molecular flexibility index (Phi) is 6.80. The van der Waals surface area contributed by atoms with Crippen LogP contribution in [0.25, 0.3) is 0 Å². The average Bonchev–Trinajstić information content (AvgIpc) is 2.66. The SMILES string of the molecule is CC1CCC(N/C(=N/C(=O)c2ccc(F)c(F)c2)NC2CCCCC2)CC1. The number of benzene rings is 1. The van der Waals surface area contributed by atoms with Crippen molar-refractivity contribution in [2.45, 2.75) is 76.8 Å². The van der Waals surface area contributed by atoms with Gasteiger partial charge in [0.1, 0.15) is 0 Å². The number of nitrogens with zero attached hydrogens (tertiary/aromatic N) is 1. The molecule has 0 radical (unpaired) electrons. The molecule has 0 unspecified atom stereocenters. The highest BCUT2D eigenvalue weighted by Gasteiger charge is 2.22. The maximum absolute atomic E-state index is 13.5. The molecule has 1 amide bonds. The molecule has 2 saturated carbocycles. The molecule has 2 aliphatic rings. The summed E-state index contributed by atoms with van der Waals surface area (Å²) in [5.74, 6) is -1.36. The molecule has 4 nitrogen and oxygen atoms in total. The molecular formula is C21H29F2N3O. The third-order valence-electron chi connectivity index (χ3n) is 5.68. The monoisotopic (exact) mass is 377 g/mol. The Labute approximate surface area is 159 Å². The van der Waals surface area contributed by atoms with Gasteiger partial charge in [-0.25, -0.2) is 8.78 Å². The number of halogens is 2. The van der Waals surface area contributed by atoms with E-state index in [0.717, 1.165) is 56.6 Å². The zero-order chi connectivity index (χ0) is 19.2. The number of hydrogen-bond donors (Lipinski definition) is 2. The van der Waals surface area contributed by atoms with Gasteiger partial charge in [0.25, 0.3) is 5.91 Å². The van der Waals surface area contributed by atoms with E-state index in [1.807, 2.05) is 0 Å². The van der Waals surface area contributed by atoms with Crippen LogP contribution in [0.5, 0.6) is 0 Å². The lowest BCUT2D eigenvalue weighted by Gasteiger charge is -2.30. The van der Waals surface area contributed by atoms with Gasteiger partial charge in [-0.2, -0.15) is 4.99 Å². The molecule has 2 aliphatic carbocycles. The van der Waals surface area contributed by atoms with Crippen LogP contribution in [-0.2, 0) is 0 Å². The second-order valence-corrected chi connectivity index (χ2v) is 7.97. The van der Waals surface area contributed by atoms with Crippen LogP contribution < -0.4 is 10.6 Å². The van der Waals surface area contributed by atoms with Gasteiger partial charge < -0.3 is 10.6 Å². The van der Waals surface area contributed by atoms with Crippen LogP contribution >= 0.6 is 0 Å². The fourth-order valence-electron chi connectivity index (χ4n) is 3.94. The van der Waals surface area contributed by atoms with E-state index < -0.39 is 17.5 Å². The molecule has 0 aromatic heterocycles. The number of rotatable bonds is 3. The molecule has 0 aliphatic heterocycles. The standard InChI is InChI=1S/C21H29F2N3O/c1-14-7-10-17(11-8-14)25-21(24-16-5-3-2-4-6-16)26-20(27)15-9-12-18(22)19(23)13-15/h9,12-14,16-17H,2-8,10-11H2,1H3,(H2,24,25,26,27). The topological polar surface area (TPSA) is 53.5 Å². The quantitative estimate of drug-likeness (QED) is 0.600. The molecule has 148 valence electrons. The predicted molar refractivity (Wildman–Crippen MR) is 103 cm³/mol. The Morgan fingerprint density at radius 3 is 2.19 bits per heavy atom. The van der Waals surface area contributed by atoms with Crippen LogP contribution in [0.15, 0.2) is 23.2 Å². The van der Waals surface area contributed by atoms with Crippen molar-refractivity contribution >= 4 is 11.9 Å². The Bertz CT molecular complexity index is 678. The van der Waals surface area contributed by atoms with Crippen molar-refractivity contribution in [1.29, 1.82) is 0 Å². The minimum absolute atomic E-state index is 0.0518. The molecule has 0 heterocycles. The van der Waals surface area contributed by atoms with Gasteiger partial charge in [0.2, 0.25) is 0 Å². The van der Waals surface area contributed by atoms with Gasteiger partial charge in [0.05, 0.1) is 0 Å². The summed E-state index contributed by atoms with van der Waals surface area (Å²) in [6.45, 7) is 2.26. The van der Waals surface area contributed by atoms with E-state index in [2.05, 4.69) is 22.5 Å². The lowest BCUT2D eigenvalue weighted by atomic mass is 9.87. The van der Waals surface area contributed by atoms with E-state index in [1.165, 1.54) is 25.3 Å². The molecule has 0 atom stereocenters. The summed E-state index contributed by atoms with van der Waals surface area (Å²) >= 11 is 0.